The second kappa shape index (κ2) is 7.85. The fraction of sp³-hybridized carbons (Fsp3) is 0.455. The Kier molecular flexibility index (Phi) is 5.45. The number of nitrogens with zero attached hydrogens (tertiary/aromatic N) is 1. The van der Waals surface area contributed by atoms with E-state index in [1.54, 1.807) is 6.07 Å². The minimum atomic E-state index is -4.32. The van der Waals surface area contributed by atoms with Crippen molar-refractivity contribution in [2.45, 2.75) is 37.0 Å². The molecule has 3 nitrogen and oxygen atoms in total. The fourth-order valence-electron chi connectivity index (χ4n) is 4.06. The summed E-state index contributed by atoms with van der Waals surface area (Å²) in [5.41, 5.74) is 7.97. The van der Waals surface area contributed by atoms with E-state index in [0.717, 1.165) is 50.7 Å². The summed E-state index contributed by atoms with van der Waals surface area (Å²) in [7, 11) is 0. The molecule has 0 radical (unpaired) electrons. The minimum absolute atomic E-state index is 0.323. The highest BCUT2D eigenvalue weighted by Crippen LogP contribution is 2.41. The summed E-state index contributed by atoms with van der Waals surface area (Å²) in [5, 5.41) is 3.61. The van der Waals surface area contributed by atoms with Crippen LogP contribution in [0.5, 0.6) is 0 Å². The van der Waals surface area contributed by atoms with Crippen molar-refractivity contribution in [2.24, 2.45) is 5.73 Å². The van der Waals surface area contributed by atoms with Crippen LogP contribution < -0.4 is 11.1 Å². The van der Waals surface area contributed by atoms with Gasteiger partial charge in [0.15, 0.2) is 0 Å². The molecule has 6 heteroatoms. The predicted molar refractivity (Wildman–Crippen MR) is 105 cm³/mol. The summed E-state index contributed by atoms with van der Waals surface area (Å²) in [6, 6.07) is 14.2. The van der Waals surface area contributed by atoms with Crippen LogP contribution in [0.3, 0.4) is 0 Å². The molecule has 0 amide bonds. The van der Waals surface area contributed by atoms with Crippen LogP contribution >= 0.6 is 0 Å². The van der Waals surface area contributed by atoms with Crippen molar-refractivity contribution in [2.75, 3.05) is 26.2 Å². The van der Waals surface area contributed by atoms with E-state index in [1.807, 2.05) is 24.3 Å². The highest BCUT2D eigenvalue weighted by molar-refractivity contribution is 5.65. The van der Waals surface area contributed by atoms with Gasteiger partial charge in [0.1, 0.15) is 0 Å². The molecule has 2 aliphatic rings. The Bertz CT molecular complexity index is 803. The van der Waals surface area contributed by atoms with Gasteiger partial charge in [0.2, 0.25) is 0 Å². The molecule has 3 N–H and O–H groups in total. The van der Waals surface area contributed by atoms with Gasteiger partial charge in [-0.25, -0.2) is 0 Å². The topological polar surface area (TPSA) is 41.3 Å². The van der Waals surface area contributed by atoms with Crippen molar-refractivity contribution >= 4 is 0 Å². The highest BCUT2D eigenvalue weighted by Gasteiger charge is 2.37. The van der Waals surface area contributed by atoms with Crippen molar-refractivity contribution in [3.05, 3.63) is 59.7 Å². The van der Waals surface area contributed by atoms with E-state index < -0.39 is 11.7 Å². The first-order valence-electron chi connectivity index (χ1n) is 9.89. The standard InChI is InChI=1S/C22H26F3N3/c23-22(24,25)18-3-1-2-17(12-18)15-4-6-16(7-5-15)20-13-21(20)27-9-11-28-10-8-19(26)14-28/h1-7,12,19-21,27H,8-11,13-14,26H2/t19-,20?,21?/m1/s1. The molecule has 2 fully saturated rings. The molecule has 1 heterocycles. The van der Waals surface area contributed by atoms with E-state index >= 15 is 0 Å². The molecule has 150 valence electrons. The first-order chi connectivity index (χ1) is 13.4. The van der Waals surface area contributed by atoms with E-state index in [2.05, 4.69) is 10.2 Å². The summed E-state index contributed by atoms with van der Waals surface area (Å²) in [6.45, 7) is 4.09. The number of halogens is 3. The maximum Gasteiger partial charge on any atom is 0.416 e. The van der Waals surface area contributed by atoms with Crippen molar-refractivity contribution in [1.82, 2.24) is 10.2 Å². The Labute approximate surface area is 163 Å². The first-order valence-corrected chi connectivity index (χ1v) is 9.89. The molecule has 1 saturated carbocycles. The Morgan fingerprint density at radius 2 is 1.86 bits per heavy atom. The lowest BCUT2D eigenvalue weighted by atomic mass is 10.0. The Morgan fingerprint density at radius 1 is 1.07 bits per heavy atom. The molecule has 1 saturated heterocycles. The van der Waals surface area contributed by atoms with Crippen molar-refractivity contribution in [1.29, 1.82) is 0 Å². The summed E-state index contributed by atoms with van der Waals surface area (Å²) in [5.74, 6) is 0.497. The van der Waals surface area contributed by atoms with Crippen LogP contribution in [0.4, 0.5) is 13.2 Å². The second-order valence-corrected chi connectivity index (χ2v) is 7.95. The molecule has 1 aliphatic carbocycles. The van der Waals surface area contributed by atoms with Crippen molar-refractivity contribution in [3.8, 4) is 11.1 Å². The predicted octanol–water partition coefficient (Wildman–Crippen LogP) is 3.85. The maximum atomic E-state index is 12.9. The van der Waals surface area contributed by atoms with Crippen LogP contribution in [-0.2, 0) is 6.18 Å². The van der Waals surface area contributed by atoms with E-state index in [4.69, 9.17) is 5.73 Å². The molecule has 2 aromatic rings. The summed E-state index contributed by atoms with van der Waals surface area (Å²) in [6.07, 6.45) is -2.12. The van der Waals surface area contributed by atoms with Crippen LogP contribution in [0, 0.1) is 0 Å². The molecular weight excluding hydrogens is 363 g/mol. The lowest BCUT2D eigenvalue weighted by Gasteiger charge is -2.15. The Morgan fingerprint density at radius 3 is 2.54 bits per heavy atom. The average Bonchev–Trinajstić information content (AvgIpc) is 3.33. The van der Waals surface area contributed by atoms with Crippen molar-refractivity contribution < 1.29 is 13.2 Å². The number of hydrogen-bond acceptors (Lipinski definition) is 3. The molecule has 3 atom stereocenters. The number of likely N-dealkylation sites (tertiary alicyclic amines) is 1. The molecule has 2 unspecified atom stereocenters. The number of alkyl halides is 3. The minimum Gasteiger partial charge on any atom is -0.326 e. The van der Waals surface area contributed by atoms with Gasteiger partial charge in [-0.1, -0.05) is 36.4 Å². The molecule has 1 aliphatic heterocycles. The molecule has 0 spiro atoms. The van der Waals surface area contributed by atoms with E-state index in [1.165, 1.54) is 17.7 Å². The Balaban J connectivity index is 1.31. The zero-order valence-electron chi connectivity index (χ0n) is 15.8. The van der Waals surface area contributed by atoms with Gasteiger partial charge in [0.05, 0.1) is 5.56 Å². The number of benzene rings is 2. The van der Waals surface area contributed by atoms with Gasteiger partial charge >= 0.3 is 6.18 Å². The van der Waals surface area contributed by atoms with Gasteiger partial charge in [-0.3, -0.25) is 0 Å². The van der Waals surface area contributed by atoms with Crippen LogP contribution in [0.15, 0.2) is 48.5 Å². The van der Waals surface area contributed by atoms with E-state index in [0.29, 0.717) is 23.6 Å². The normalized spacial score (nSPS) is 25.2. The summed E-state index contributed by atoms with van der Waals surface area (Å²) >= 11 is 0. The van der Waals surface area contributed by atoms with Crippen LogP contribution in [-0.4, -0.2) is 43.2 Å². The smallest absolute Gasteiger partial charge is 0.326 e. The largest absolute Gasteiger partial charge is 0.416 e. The monoisotopic (exact) mass is 389 g/mol. The number of nitrogens with one attached hydrogen (secondary N) is 1. The average molecular weight is 389 g/mol. The number of hydrogen-bond donors (Lipinski definition) is 2. The summed E-state index contributed by atoms with van der Waals surface area (Å²) < 4.78 is 38.7. The van der Waals surface area contributed by atoms with Crippen LogP contribution in [0.1, 0.15) is 29.9 Å². The quantitative estimate of drug-likeness (QED) is 0.789. The van der Waals surface area contributed by atoms with Crippen LogP contribution in [0.2, 0.25) is 0 Å². The highest BCUT2D eigenvalue weighted by atomic mass is 19.4. The van der Waals surface area contributed by atoms with Gasteiger partial charge in [0, 0.05) is 37.6 Å². The first kappa shape index (κ1) is 19.4. The van der Waals surface area contributed by atoms with Gasteiger partial charge in [-0.2, -0.15) is 13.2 Å². The number of nitrogens with two attached hydrogens (primary N) is 1. The zero-order valence-corrected chi connectivity index (χ0v) is 15.8. The SMILES string of the molecule is N[C@@H]1CCN(CCNC2CC2c2ccc(-c3cccc(C(F)(F)F)c3)cc2)C1. The zero-order chi connectivity index (χ0) is 19.7. The summed E-state index contributed by atoms with van der Waals surface area (Å²) in [4.78, 5) is 2.40. The molecule has 0 bridgehead atoms. The number of rotatable bonds is 6. The fourth-order valence-corrected chi connectivity index (χ4v) is 4.06. The van der Waals surface area contributed by atoms with Crippen molar-refractivity contribution in [3.63, 3.8) is 0 Å². The van der Waals surface area contributed by atoms with E-state index in [-0.39, 0.29) is 0 Å². The molecule has 0 aromatic heterocycles. The molecular formula is C22H26F3N3. The molecule has 2 aromatic carbocycles. The van der Waals surface area contributed by atoms with Gasteiger partial charge in [-0.05, 0) is 48.2 Å². The lowest BCUT2D eigenvalue weighted by Crippen LogP contribution is -2.33. The third-order valence-electron chi connectivity index (χ3n) is 5.80. The lowest BCUT2D eigenvalue weighted by molar-refractivity contribution is -0.137. The molecule has 28 heavy (non-hydrogen) atoms. The maximum absolute atomic E-state index is 12.9. The third-order valence-corrected chi connectivity index (χ3v) is 5.80. The second-order valence-electron chi connectivity index (χ2n) is 7.95. The van der Waals surface area contributed by atoms with Gasteiger partial charge < -0.3 is 16.0 Å². The van der Waals surface area contributed by atoms with Gasteiger partial charge in [0.25, 0.3) is 0 Å². The molecule has 4 rings (SSSR count). The van der Waals surface area contributed by atoms with Crippen LogP contribution in [0.25, 0.3) is 11.1 Å². The van der Waals surface area contributed by atoms with Gasteiger partial charge in [-0.15, -0.1) is 0 Å². The Hall–Kier alpha value is -1.89. The third kappa shape index (κ3) is 4.57. The van der Waals surface area contributed by atoms with E-state index in [9.17, 15) is 13.2 Å².